The fraction of sp³-hybridized carbons (Fsp3) is 0.833. The summed E-state index contributed by atoms with van der Waals surface area (Å²) in [5.74, 6) is 0. The second-order valence-electron chi connectivity index (χ2n) is 2.36. The Kier molecular flexibility index (Phi) is 19.2. The van der Waals surface area contributed by atoms with Gasteiger partial charge in [-0.1, -0.05) is 0 Å². The van der Waals surface area contributed by atoms with E-state index >= 15 is 0 Å². The number of rotatable bonds is 5. The molecule has 4 atom stereocenters. The van der Waals surface area contributed by atoms with Crippen LogP contribution < -0.4 is 0 Å². The van der Waals surface area contributed by atoms with Crippen LogP contribution >= 0.6 is 0 Å². The van der Waals surface area contributed by atoms with Gasteiger partial charge in [-0.15, -0.1) is 0 Å². The molecule has 6 nitrogen and oxygen atoms in total. The van der Waals surface area contributed by atoms with Crippen molar-refractivity contribution in [2.45, 2.75) is 24.4 Å². The first kappa shape index (κ1) is 22.0. The standard InChI is InChI=1S/C6H12O6.2K/c7-1-3(9)5(11)6(12)4(10)2-8;;/h1,3-6,8-12H,2H2;;/t3-,4+,5+,6+;;/m0../s1. The van der Waals surface area contributed by atoms with Crippen LogP contribution in [-0.4, -0.2) is 166 Å². The van der Waals surface area contributed by atoms with Crippen LogP contribution in [0.15, 0.2) is 0 Å². The van der Waals surface area contributed by atoms with E-state index in [1.807, 2.05) is 0 Å². The number of hydrogen-bond acceptors (Lipinski definition) is 6. The summed E-state index contributed by atoms with van der Waals surface area (Å²) in [5.41, 5.74) is 0. The van der Waals surface area contributed by atoms with Gasteiger partial charge in [0.15, 0.2) is 6.29 Å². The molecule has 0 amide bonds. The van der Waals surface area contributed by atoms with Crippen molar-refractivity contribution in [3.8, 4) is 0 Å². The van der Waals surface area contributed by atoms with E-state index in [0.717, 1.165) is 0 Å². The number of carbonyl (C=O) groups is 1. The van der Waals surface area contributed by atoms with Gasteiger partial charge in [0.2, 0.25) is 0 Å². The Bertz CT molecular complexity index is 146. The summed E-state index contributed by atoms with van der Waals surface area (Å²) >= 11 is 0. The van der Waals surface area contributed by atoms with Gasteiger partial charge in [-0.25, -0.2) is 0 Å². The summed E-state index contributed by atoms with van der Waals surface area (Å²) in [7, 11) is 0. The maximum Gasteiger partial charge on any atom is 0.151 e. The molecule has 0 heterocycles. The fourth-order valence-corrected chi connectivity index (χ4v) is 0.618. The average molecular weight is 258 g/mol. The van der Waals surface area contributed by atoms with Crippen molar-refractivity contribution in [2.75, 3.05) is 6.61 Å². The summed E-state index contributed by atoms with van der Waals surface area (Å²) in [4.78, 5) is 9.90. The average Bonchev–Trinajstić information content (AvgIpc) is 2.12. The second-order valence-corrected chi connectivity index (χ2v) is 2.36. The van der Waals surface area contributed by atoms with E-state index in [2.05, 4.69) is 0 Å². The molecule has 74 valence electrons. The molecule has 0 aromatic heterocycles. The molecular weight excluding hydrogens is 246 g/mol. The molecule has 0 aliphatic heterocycles. The first-order valence-electron chi connectivity index (χ1n) is 3.33. The third-order valence-electron chi connectivity index (χ3n) is 1.42. The summed E-state index contributed by atoms with van der Waals surface area (Å²) < 4.78 is 0. The quantitative estimate of drug-likeness (QED) is 0.252. The fourth-order valence-electron chi connectivity index (χ4n) is 0.618. The summed E-state index contributed by atoms with van der Waals surface area (Å²) in [6, 6.07) is 0. The smallest absolute Gasteiger partial charge is 0.151 e. The van der Waals surface area contributed by atoms with E-state index in [1.54, 1.807) is 0 Å². The minimum atomic E-state index is -1.79. The zero-order valence-corrected chi connectivity index (χ0v) is 14.5. The van der Waals surface area contributed by atoms with Gasteiger partial charge < -0.3 is 30.3 Å². The first-order chi connectivity index (χ1) is 5.54. The van der Waals surface area contributed by atoms with E-state index in [4.69, 9.17) is 25.5 Å². The molecule has 0 aliphatic rings. The van der Waals surface area contributed by atoms with E-state index in [1.165, 1.54) is 0 Å². The van der Waals surface area contributed by atoms with Crippen LogP contribution in [0.2, 0.25) is 0 Å². The largest absolute Gasteiger partial charge is 0.394 e. The van der Waals surface area contributed by atoms with Gasteiger partial charge in [0.25, 0.3) is 0 Å². The number of aliphatic hydroxyl groups excluding tert-OH is 5. The third-order valence-corrected chi connectivity index (χ3v) is 1.42. The Balaban J connectivity index is -0.000000605. The molecule has 2 radical (unpaired) electrons. The van der Waals surface area contributed by atoms with Crippen LogP contribution in [0.5, 0.6) is 0 Å². The minimum Gasteiger partial charge on any atom is -0.394 e. The maximum absolute atomic E-state index is 9.90. The summed E-state index contributed by atoms with van der Waals surface area (Å²) in [5, 5.41) is 43.5. The van der Waals surface area contributed by atoms with Crippen LogP contribution in [0.3, 0.4) is 0 Å². The van der Waals surface area contributed by atoms with Crippen LogP contribution in [0.1, 0.15) is 0 Å². The second kappa shape index (κ2) is 12.2. The van der Waals surface area contributed by atoms with Crippen molar-refractivity contribution in [3.63, 3.8) is 0 Å². The first-order valence-corrected chi connectivity index (χ1v) is 3.33. The molecule has 0 fully saturated rings. The van der Waals surface area contributed by atoms with Crippen LogP contribution in [0.25, 0.3) is 0 Å². The van der Waals surface area contributed by atoms with Crippen molar-refractivity contribution in [1.29, 1.82) is 0 Å². The summed E-state index contributed by atoms with van der Waals surface area (Å²) in [6.07, 6.45) is -6.84. The Labute approximate surface area is 167 Å². The van der Waals surface area contributed by atoms with E-state index in [0.29, 0.717) is 0 Å². The third kappa shape index (κ3) is 7.93. The molecule has 0 bridgehead atoms. The maximum atomic E-state index is 9.90. The van der Waals surface area contributed by atoms with Gasteiger partial charge in [-0.05, 0) is 0 Å². The number of carbonyl (C=O) groups excluding carboxylic acids is 1. The number of hydrogen-bond donors (Lipinski definition) is 5. The Morgan fingerprint density at radius 1 is 1.00 bits per heavy atom. The normalized spacial score (nSPS) is 18.1. The molecule has 14 heavy (non-hydrogen) atoms. The molecule has 0 saturated carbocycles. The monoisotopic (exact) mass is 258 g/mol. The van der Waals surface area contributed by atoms with Crippen molar-refractivity contribution in [2.24, 2.45) is 0 Å². The number of aldehydes is 1. The molecule has 0 saturated heterocycles. The summed E-state index contributed by atoms with van der Waals surface area (Å²) in [6.45, 7) is -0.760. The molecule has 0 aromatic rings. The molecular formula is C6H12K2O6. The Morgan fingerprint density at radius 2 is 1.43 bits per heavy atom. The van der Waals surface area contributed by atoms with Crippen LogP contribution in [0.4, 0.5) is 0 Å². The van der Waals surface area contributed by atoms with Gasteiger partial charge in [-0.3, -0.25) is 0 Å². The van der Waals surface area contributed by atoms with E-state index in [9.17, 15) is 4.79 Å². The SMILES string of the molecule is O=C[C@H](O)[C@@H](O)[C@H](O)[C@H](O)CO.[K].[K]. The minimum absolute atomic E-state index is 0. The Morgan fingerprint density at radius 3 is 1.71 bits per heavy atom. The molecule has 5 N–H and O–H groups in total. The molecule has 0 aromatic carbocycles. The van der Waals surface area contributed by atoms with Crippen molar-refractivity contribution in [3.05, 3.63) is 0 Å². The van der Waals surface area contributed by atoms with E-state index in [-0.39, 0.29) is 109 Å². The Hall–Kier alpha value is 2.74. The molecule has 8 heteroatoms. The van der Waals surface area contributed by atoms with Crippen LogP contribution in [0, 0.1) is 0 Å². The zero-order valence-electron chi connectivity index (χ0n) is 8.24. The van der Waals surface area contributed by atoms with E-state index < -0.39 is 31.0 Å². The van der Waals surface area contributed by atoms with Gasteiger partial charge >= 0.3 is 0 Å². The van der Waals surface area contributed by atoms with Crippen molar-refractivity contribution in [1.82, 2.24) is 0 Å². The van der Waals surface area contributed by atoms with Gasteiger partial charge in [0.1, 0.15) is 24.4 Å². The molecule has 0 aliphatic carbocycles. The molecule has 0 spiro atoms. The number of aliphatic hydroxyl groups is 5. The molecule has 0 unspecified atom stereocenters. The van der Waals surface area contributed by atoms with Crippen molar-refractivity contribution >= 4 is 109 Å². The predicted molar refractivity (Wildman–Crippen MR) is 48.7 cm³/mol. The predicted octanol–water partition coefficient (Wildman–Crippen LogP) is -4.14. The van der Waals surface area contributed by atoms with Crippen LogP contribution in [-0.2, 0) is 4.79 Å². The topological polar surface area (TPSA) is 118 Å². The molecule has 0 rings (SSSR count). The van der Waals surface area contributed by atoms with Gasteiger partial charge in [0.05, 0.1) is 6.61 Å². The zero-order chi connectivity index (χ0) is 9.72. The van der Waals surface area contributed by atoms with Gasteiger partial charge in [-0.2, -0.15) is 0 Å². The van der Waals surface area contributed by atoms with Gasteiger partial charge in [0, 0.05) is 103 Å². The van der Waals surface area contributed by atoms with Crippen molar-refractivity contribution < 1.29 is 30.3 Å².